The Balaban J connectivity index is 1.65. The summed E-state index contributed by atoms with van der Waals surface area (Å²) in [6.45, 7) is 2.84. The van der Waals surface area contributed by atoms with Crippen molar-refractivity contribution in [3.63, 3.8) is 0 Å². The van der Waals surface area contributed by atoms with E-state index in [1.54, 1.807) is 11.8 Å². The highest BCUT2D eigenvalue weighted by Gasteiger charge is 2.13. The Kier molecular flexibility index (Phi) is 5.96. The lowest BCUT2D eigenvalue weighted by molar-refractivity contribution is 0.569. The Labute approximate surface area is 170 Å². The number of thioether (sulfide) groups is 1. The molecule has 28 heavy (non-hydrogen) atoms. The van der Waals surface area contributed by atoms with Gasteiger partial charge in [0.1, 0.15) is 0 Å². The van der Waals surface area contributed by atoms with Crippen molar-refractivity contribution in [2.45, 2.75) is 56.5 Å². The summed E-state index contributed by atoms with van der Waals surface area (Å²) in [4.78, 5) is 18.0. The van der Waals surface area contributed by atoms with Crippen LogP contribution in [0.1, 0.15) is 43.2 Å². The molecule has 2 aromatic carbocycles. The molecule has 1 aliphatic rings. The lowest BCUT2D eigenvalue weighted by atomic mass is 9.97. The van der Waals surface area contributed by atoms with Gasteiger partial charge in [0.05, 0.1) is 10.9 Å². The van der Waals surface area contributed by atoms with Crippen molar-refractivity contribution in [1.29, 1.82) is 0 Å². The fourth-order valence-electron chi connectivity index (χ4n) is 3.76. The molecule has 0 fully saturated rings. The molecule has 4 heteroatoms. The molecule has 0 unspecified atom stereocenters. The van der Waals surface area contributed by atoms with Crippen LogP contribution >= 0.6 is 11.8 Å². The van der Waals surface area contributed by atoms with E-state index in [1.165, 1.54) is 42.4 Å². The number of hydrogen-bond acceptors (Lipinski definition) is 3. The van der Waals surface area contributed by atoms with E-state index in [1.807, 2.05) is 28.8 Å². The number of aromatic nitrogens is 2. The molecule has 0 atom stereocenters. The highest BCUT2D eigenvalue weighted by Crippen LogP contribution is 2.25. The molecule has 4 rings (SSSR count). The van der Waals surface area contributed by atoms with Gasteiger partial charge in [-0.05, 0) is 62.3 Å². The van der Waals surface area contributed by atoms with E-state index in [0.717, 1.165) is 22.8 Å². The summed E-state index contributed by atoms with van der Waals surface area (Å²) in [5.74, 6) is 0.820. The van der Waals surface area contributed by atoms with E-state index in [9.17, 15) is 4.79 Å². The van der Waals surface area contributed by atoms with Gasteiger partial charge in [0.25, 0.3) is 5.56 Å². The molecule has 0 aliphatic heterocycles. The van der Waals surface area contributed by atoms with Crippen LogP contribution < -0.4 is 5.56 Å². The Hall–Kier alpha value is -2.33. The Morgan fingerprint density at radius 1 is 1.07 bits per heavy atom. The smallest absolute Gasteiger partial charge is 0.262 e. The standard InChI is InChI=1S/C24H26N2OS/c1-18-9-5-6-12-20(18)17-28-24-25-22-14-8-7-13-21(22)23(27)26(24)16-15-19-10-3-2-4-11-19/h5-10,12-14H,2-4,11,15-17H2,1H3. The number of benzene rings is 2. The van der Waals surface area contributed by atoms with E-state index < -0.39 is 0 Å². The first-order chi connectivity index (χ1) is 13.7. The number of allylic oxidation sites excluding steroid dienone is 2. The minimum absolute atomic E-state index is 0.0780. The molecule has 1 aliphatic carbocycles. The molecule has 3 aromatic rings. The third-order valence-corrected chi connectivity index (χ3v) is 6.51. The number of rotatable bonds is 6. The van der Waals surface area contributed by atoms with E-state index in [4.69, 9.17) is 4.98 Å². The monoisotopic (exact) mass is 390 g/mol. The average molecular weight is 391 g/mol. The summed E-state index contributed by atoms with van der Waals surface area (Å²) in [5, 5.41) is 1.53. The molecule has 0 bridgehead atoms. The number of fused-ring (bicyclic) bond motifs is 1. The quantitative estimate of drug-likeness (QED) is 0.299. The zero-order chi connectivity index (χ0) is 19.3. The molecule has 0 saturated carbocycles. The predicted molar refractivity (Wildman–Crippen MR) is 118 cm³/mol. The van der Waals surface area contributed by atoms with Crippen LogP contribution in [0.4, 0.5) is 0 Å². The first-order valence-electron chi connectivity index (χ1n) is 10.1. The topological polar surface area (TPSA) is 34.9 Å². The summed E-state index contributed by atoms with van der Waals surface area (Å²) in [6, 6.07) is 16.1. The summed E-state index contributed by atoms with van der Waals surface area (Å²) < 4.78 is 1.89. The molecule has 0 N–H and O–H groups in total. The predicted octanol–water partition coefficient (Wildman–Crippen LogP) is 5.89. The van der Waals surface area contributed by atoms with Crippen LogP contribution in [0, 0.1) is 6.92 Å². The maximum atomic E-state index is 13.2. The van der Waals surface area contributed by atoms with Gasteiger partial charge in [-0.15, -0.1) is 0 Å². The molecular weight excluding hydrogens is 364 g/mol. The van der Waals surface area contributed by atoms with Gasteiger partial charge in [0, 0.05) is 12.3 Å². The van der Waals surface area contributed by atoms with Crippen LogP contribution in [-0.2, 0) is 12.3 Å². The van der Waals surface area contributed by atoms with E-state index >= 15 is 0 Å². The van der Waals surface area contributed by atoms with Crippen LogP contribution in [0.25, 0.3) is 10.9 Å². The first-order valence-corrected chi connectivity index (χ1v) is 11.1. The SMILES string of the molecule is Cc1ccccc1CSc1nc2ccccc2c(=O)n1CCC1=CCCCC1. The summed E-state index contributed by atoms with van der Waals surface area (Å²) in [7, 11) is 0. The lowest BCUT2D eigenvalue weighted by Gasteiger charge is -2.16. The van der Waals surface area contributed by atoms with Crippen LogP contribution in [0.15, 0.2) is 70.1 Å². The van der Waals surface area contributed by atoms with Crippen molar-refractivity contribution in [1.82, 2.24) is 9.55 Å². The first kappa shape index (κ1) is 19.0. The van der Waals surface area contributed by atoms with Gasteiger partial charge in [-0.1, -0.05) is 59.8 Å². The van der Waals surface area contributed by atoms with Crippen molar-refractivity contribution in [3.8, 4) is 0 Å². The lowest BCUT2D eigenvalue weighted by Crippen LogP contribution is -2.24. The largest absolute Gasteiger partial charge is 0.287 e. The van der Waals surface area contributed by atoms with Gasteiger partial charge in [0.2, 0.25) is 0 Å². The van der Waals surface area contributed by atoms with Crippen LogP contribution in [-0.4, -0.2) is 9.55 Å². The van der Waals surface area contributed by atoms with Gasteiger partial charge in [-0.2, -0.15) is 0 Å². The Morgan fingerprint density at radius 2 is 1.89 bits per heavy atom. The zero-order valence-electron chi connectivity index (χ0n) is 16.4. The second kappa shape index (κ2) is 8.78. The zero-order valence-corrected chi connectivity index (χ0v) is 17.2. The highest BCUT2D eigenvalue weighted by atomic mass is 32.2. The van der Waals surface area contributed by atoms with E-state index in [0.29, 0.717) is 11.9 Å². The third-order valence-electron chi connectivity index (χ3n) is 5.49. The van der Waals surface area contributed by atoms with Crippen LogP contribution in [0.5, 0.6) is 0 Å². The number of hydrogen-bond donors (Lipinski definition) is 0. The summed E-state index contributed by atoms with van der Waals surface area (Å²) in [6.07, 6.45) is 8.21. The minimum atomic E-state index is 0.0780. The van der Waals surface area contributed by atoms with Crippen molar-refractivity contribution in [2.24, 2.45) is 0 Å². The molecule has 0 amide bonds. The number of para-hydroxylation sites is 1. The molecule has 0 spiro atoms. The molecule has 0 radical (unpaired) electrons. The minimum Gasteiger partial charge on any atom is -0.287 e. The molecular formula is C24H26N2OS. The van der Waals surface area contributed by atoms with E-state index in [-0.39, 0.29) is 5.56 Å². The highest BCUT2D eigenvalue weighted by molar-refractivity contribution is 7.98. The molecule has 1 heterocycles. The number of nitrogens with zero attached hydrogens (tertiary/aromatic N) is 2. The van der Waals surface area contributed by atoms with Crippen LogP contribution in [0.2, 0.25) is 0 Å². The summed E-state index contributed by atoms with van der Waals surface area (Å²) >= 11 is 1.66. The van der Waals surface area contributed by atoms with Crippen molar-refractivity contribution < 1.29 is 0 Å². The maximum Gasteiger partial charge on any atom is 0.262 e. The summed E-state index contributed by atoms with van der Waals surface area (Å²) in [5.41, 5.74) is 4.91. The fourth-order valence-corrected chi connectivity index (χ4v) is 4.86. The Morgan fingerprint density at radius 3 is 2.71 bits per heavy atom. The Bertz CT molecular complexity index is 1070. The van der Waals surface area contributed by atoms with Crippen molar-refractivity contribution >= 4 is 22.7 Å². The fraction of sp³-hybridized carbons (Fsp3) is 0.333. The average Bonchev–Trinajstić information content (AvgIpc) is 2.73. The van der Waals surface area contributed by atoms with Gasteiger partial charge < -0.3 is 0 Å². The van der Waals surface area contributed by atoms with Gasteiger partial charge >= 0.3 is 0 Å². The molecule has 3 nitrogen and oxygen atoms in total. The van der Waals surface area contributed by atoms with Crippen LogP contribution in [0.3, 0.4) is 0 Å². The molecule has 144 valence electrons. The van der Waals surface area contributed by atoms with Gasteiger partial charge in [-0.3, -0.25) is 9.36 Å². The maximum absolute atomic E-state index is 13.2. The molecule has 1 aromatic heterocycles. The second-order valence-corrected chi connectivity index (χ2v) is 8.38. The second-order valence-electron chi connectivity index (χ2n) is 7.44. The molecule has 0 saturated heterocycles. The third kappa shape index (κ3) is 4.22. The van der Waals surface area contributed by atoms with E-state index in [2.05, 4.69) is 37.3 Å². The van der Waals surface area contributed by atoms with Gasteiger partial charge in [0.15, 0.2) is 5.16 Å². The van der Waals surface area contributed by atoms with Crippen molar-refractivity contribution in [2.75, 3.05) is 0 Å². The van der Waals surface area contributed by atoms with Gasteiger partial charge in [-0.25, -0.2) is 4.98 Å². The number of aryl methyl sites for hydroxylation is 1. The van der Waals surface area contributed by atoms with Crippen molar-refractivity contribution in [3.05, 3.63) is 81.7 Å². The normalized spacial score (nSPS) is 14.2.